The summed E-state index contributed by atoms with van der Waals surface area (Å²) in [5, 5.41) is 59.8. The first kappa shape index (κ1) is 24.7. The molecule has 3 aliphatic rings. The standard InChI is InChI=1S/C20H35NO10/c1-9(2)3-10-4-14(25)21(6-10)15-5-11(24)19(13(8-23)29-15)31-20-18(28)17(27)16(26)12(7-22)30-20/h9-13,15-20,22-24,26-28H,3-8H2,1-2H3. The highest BCUT2D eigenvalue weighted by Crippen LogP contribution is 2.33. The van der Waals surface area contributed by atoms with Crippen LogP contribution in [-0.2, 0) is 19.0 Å². The molecule has 3 heterocycles. The number of aliphatic hydroxyl groups is 6. The van der Waals surface area contributed by atoms with Gasteiger partial charge in [-0.15, -0.1) is 0 Å². The maximum Gasteiger partial charge on any atom is 0.224 e. The average molecular weight is 449 g/mol. The van der Waals surface area contributed by atoms with Gasteiger partial charge in [-0.2, -0.15) is 0 Å². The van der Waals surface area contributed by atoms with Crippen LogP contribution in [0, 0.1) is 11.8 Å². The molecule has 0 radical (unpaired) electrons. The zero-order chi connectivity index (χ0) is 22.9. The number of ether oxygens (including phenoxy) is 3. The highest BCUT2D eigenvalue weighted by Gasteiger charge is 2.49. The third-order valence-corrected chi connectivity index (χ3v) is 6.23. The van der Waals surface area contributed by atoms with E-state index in [9.17, 15) is 35.4 Å². The minimum Gasteiger partial charge on any atom is -0.394 e. The normalized spacial score (nSPS) is 44.3. The first-order valence-corrected chi connectivity index (χ1v) is 10.9. The fourth-order valence-electron chi connectivity index (χ4n) is 4.70. The molecule has 3 rings (SSSR count). The molecule has 6 N–H and O–H groups in total. The number of aliphatic hydroxyl groups excluding tert-OH is 6. The van der Waals surface area contributed by atoms with Crippen molar-refractivity contribution in [1.82, 2.24) is 4.90 Å². The van der Waals surface area contributed by atoms with Crippen LogP contribution >= 0.6 is 0 Å². The zero-order valence-electron chi connectivity index (χ0n) is 17.9. The van der Waals surface area contributed by atoms with Crippen LogP contribution in [0.3, 0.4) is 0 Å². The molecule has 0 aromatic heterocycles. The lowest BCUT2D eigenvalue weighted by atomic mass is 9.96. The smallest absolute Gasteiger partial charge is 0.224 e. The van der Waals surface area contributed by atoms with Crippen LogP contribution in [0.2, 0.25) is 0 Å². The van der Waals surface area contributed by atoms with Crippen molar-refractivity contribution in [1.29, 1.82) is 0 Å². The van der Waals surface area contributed by atoms with E-state index in [0.717, 1.165) is 6.42 Å². The first-order chi connectivity index (χ1) is 14.7. The maximum atomic E-state index is 12.5. The van der Waals surface area contributed by atoms with Crippen molar-refractivity contribution in [3.05, 3.63) is 0 Å². The fraction of sp³-hybridized carbons (Fsp3) is 0.950. The van der Waals surface area contributed by atoms with Crippen LogP contribution in [0.25, 0.3) is 0 Å². The van der Waals surface area contributed by atoms with E-state index in [0.29, 0.717) is 18.9 Å². The number of carbonyl (C=O) groups is 1. The summed E-state index contributed by atoms with van der Waals surface area (Å²) in [7, 11) is 0. The number of amides is 1. The molecule has 0 saturated carbocycles. The number of hydrogen-bond acceptors (Lipinski definition) is 10. The summed E-state index contributed by atoms with van der Waals surface area (Å²) in [5.74, 6) is 0.605. The summed E-state index contributed by atoms with van der Waals surface area (Å²) in [5.41, 5.74) is 0. The Bertz CT molecular complexity index is 605. The molecule has 0 spiro atoms. The summed E-state index contributed by atoms with van der Waals surface area (Å²) in [4.78, 5) is 14.1. The van der Waals surface area contributed by atoms with E-state index in [2.05, 4.69) is 13.8 Å². The number of likely N-dealkylation sites (tertiary alicyclic amines) is 1. The number of carbonyl (C=O) groups excluding carboxylic acids is 1. The van der Waals surface area contributed by atoms with Crippen LogP contribution in [0.5, 0.6) is 0 Å². The van der Waals surface area contributed by atoms with E-state index in [4.69, 9.17) is 14.2 Å². The third kappa shape index (κ3) is 5.37. The molecular formula is C20H35NO10. The summed E-state index contributed by atoms with van der Waals surface area (Å²) < 4.78 is 16.8. The van der Waals surface area contributed by atoms with Crippen molar-refractivity contribution < 1.29 is 49.6 Å². The fourth-order valence-corrected chi connectivity index (χ4v) is 4.70. The summed E-state index contributed by atoms with van der Waals surface area (Å²) in [6.45, 7) is 3.57. The van der Waals surface area contributed by atoms with Crippen molar-refractivity contribution in [3.63, 3.8) is 0 Å². The van der Waals surface area contributed by atoms with Gasteiger partial charge < -0.3 is 49.7 Å². The van der Waals surface area contributed by atoms with Gasteiger partial charge in [0.1, 0.15) is 42.9 Å². The second-order valence-electron chi connectivity index (χ2n) is 9.16. The second-order valence-corrected chi connectivity index (χ2v) is 9.16. The van der Waals surface area contributed by atoms with E-state index in [-0.39, 0.29) is 18.2 Å². The monoisotopic (exact) mass is 449 g/mol. The molecular weight excluding hydrogens is 414 g/mol. The SMILES string of the molecule is CC(C)CC1CC(=O)N(C2CC(O)C(OC3OC(CO)C(O)C(O)C3O)C(CO)O2)C1. The Balaban J connectivity index is 1.65. The highest BCUT2D eigenvalue weighted by atomic mass is 16.7. The molecule has 3 aliphatic heterocycles. The van der Waals surface area contributed by atoms with Gasteiger partial charge in [0.25, 0.3) is 0 Å². The largest absolute Gasteiger partial charge is 0.394 e. The number of hydrogen-bond donors (Lipinski definition) is 6. The van der Waals surface area contributed by atoms with Gasteiger partial charge in [-0.1, -0.05) is 13.8 Å². The van der Waals surface area contributed by atoms with Crippen LogP contribution in [0.4, 0.5) is 0 Å². The summed E-state index contributed by atoms with van der Waals surface area (Å²) >= 11 is 0. The molecule has 0 bridgehead atoms. The van der Waals surface area contributed by atoms with Crippen LogP contribution in [0.15, 0.2) is 0 Å². The maximum absolute atomic E-state index is 12.5. The molecule has 11 nitrogen and oxygen atoms in total. The van der Waals surface area contributed by atoms with E-state index in [1.165, 1.54) is 0 Å². The van der Waals surface area contributed by atoms with Crippen molar-refractivity contribution in [2.24, 2.45) is 11.8 Å². The Morgan fingerprint density at radius 1 is 1.03 bits per heavy atom. The molecule has 31 heavy (non-hydrogen) atoms. The molecule has 10 atom stereocenters. The highest BCUT2D eigenvalue weighted by molar-refractivity contribution is 5.78. The van der Waals surface area contributed by atoms with Crippen molar-refractivity contribution >= 4 is 5.91 Å². The number of nitrogens with zero attached hydrogens (tertiary/aromatic N) is 1. The minimum absolute atomic E-state index is 0.0404. The van der Waals surface area contributed by atoms with E-state index < -0.39 is 68.5 Å². The topological polar surface area (TPSA) is 169 Å². The van der Waals surface area contributed by atoms with Gasteiger partial charge in [0.15, 0.2) is 6.29 Å². The lowest BCUT2D eigenvalue weighted by Crippen LogP contribution is -2.62. The van der Waals surface area contributed by atoms with Crippen molar-refractivity contribution in [3.8, 4) is 0 Å². The predicted molar refractivity (Wildman–Crippen MR) is 104 cm³/mol. The molecule has 180 valence electrons. The molecule has 3 fully saturated rings. The molecule has 11 heteroatoms. The molecule has 0 aliphatic carbocycles. The van der Waals surface area contributed by atoms with Crippen LogP contribution < -0.4 is 0 Å². The third-order valence-electron chi connectivity index (χ3n) is 6.23. The van der Waals surface area contributed by atoms with Crippen molar-refractivity contribution in [2.75, 3.05) is 19.8 Å². The van der Waals surface area contributed by atoms with Gasteiger partial charge in [-0.05, 0) is 18.3 Å². The van der Waals surface area contributed by atoms with Gasteiger partial charge in [-0.25, -0.2) is 0 Å². The molecule has 0 aromatic rings. The van der Waals surface area contributed by atoms with Gasteiger partial charge in [-0.3, -0.25) is 4.79 Å². The Kier molecular flexibility index (Phi) is 8.27. The van der Waals surface area contributed by atoms with Gasteiger partial charge in [0.05, 0.1) is 19.3 Å². The van der Waals surface area contributed by atoms with E-state index in [1.807, 2.05) is 0 Å². The molecule has 10 unspecified atom stereocenters. The van der Waals surface area contributed by atoms with E-state index >= 15 is 0 Å². The lowest BCUT2D eigenvalue weighted by Gasteiger charge is -2.45. The predicted octanol–water partition coefficient (Wildman–Crippen LogP) is -2.47. The zero-order valence-corrected chi connectivity index (χ0v) is 17.9. The molecule has 3 saturated heterocycles. The molecule has 0 aromatic carbocycles. The summed E-state index contributed by atoms with van der Waals surface area (Å²) in [6, 6.07) is 0. The lowest BCUT2D eigenvalue weighted by molar-refractivity contribution is -0.337. The first-order valence-electron chi connectivity index (χ1n) is 10.9. The average Bonchev–Trinajstić information content (AvgIpc) is 3.08. The Labute approximate surface area is 181 Å². The summed E-state index contributed by atoms with van der Waals surface area (Å²) in [6.07, 6.45) is -10.1. The molecule has 1 amide bonds. The van der Waals surface area contributed by atoms with Crippen LogP contribution in [0.1, 0.15) is 33.1 Å². The quantitative estimate of drug-likeness (QED) is 0.245. The van der Waals surface area contributed by atoms with Crippen LogP contribution in [-0.4, -0.2) is 116 Å². The van der Waals surface area contributed by atoms with E-state index in [1.54, 1.807) is 4.90 Å². The van der Waals surface area contributed by atoms with Gasteiger partial charge in [0.2, 0.25) is 5.91 Å². The Morgan fingerprint density at radius 3 is 2.32 bits per heavy atom. The van der Waals surface area contributed by atoms with Gasteiger partial charge in [0, 0.05) is 19.4 Å². The Morgan fingerprint density at radius 2 is 1.71 bits per heavy atom. The van der Waals surface area contributed by atoms with Crippen molar-refractivity contribution in [2.45, 2.75) is 88.4 Å². The Hall–Kier alpha value is -0.890. The number of rotatable bonds is 7. The minimum atomic E-state index is -1.64. The second kappa shape index (κ2) is 10.4. The van der Waals surface area contributed by atoms with Gasteiger partial charge >= 0.3 is 0 Å².